The Bertz CT molecular complexity index is 529. The summed E-state index contributed by atoms with van der Waals surface area (Å²) in [6.45, 7) is 0.423. The van der Waals surface area contributed by atoms with Crippen molar-refractivity contribution in [1.29, 1.82) is 0 Å². The molecule has 0 fully saturated rings. The monoisotopic (exact) mass is 283 g/mol. The van der Waals surface area contributed by atoms with E-state index >= 15 is 0 Å². The van der Waals surface area contributed by atoms with Gasteiger partial charge in [-0.1, -0.05) is 53.2 Å². The Morgan fingerprint density at radius 2 is 1.53 bits per heavy atom. The third kappa shape index (κ3) is 2.96. The third-order valence-corrected chi connectivity index (χ3v) is 4.31. The molecule has 2 aromatic carbocycles. The zero-order valence-corrected chi connectivity index (χ0v) is 11.3. The van der Waals surface area contributed by atoms with Gasteiger partial charge in [0.1, 0.15) is 0 Å². The van der Waals surface area contributed by atoms with Crippen molar-refractivity contribution in [2.75, 3.05) is 0 Å². The van der Waals surface area contributed by atoms with Crippen molar-refractivity contribution in [3.8, 4) is 0 Å². The molecule has 0 aromatic heterocycles. The number of nitrogens with two attached hydrogens (primary N) is 1. The van der Waals surface area contributed by atoms with E-state index in [9.17, 15) is 0 Å². The van der Waals surface area contributed by atoms with Crippen molar-refractivity contribution >= 4 is 35.0 Å². The van der Waals surface area contributed by atoms with E-state index in [4.69, 9.17) is 28.9 Å². The third-order valence-electron chi connectivity index (χ3n) is 2.34. The van der Waals surface area contributed by atoms with Gasteiger partial charge in [0, 0.05) is 21.4 Å². The Kier molecular flexibility index (Phi) is 4.35. The second kappa shape index (κ2) is 5.78. The van der Waals surface area contributed by atoms with Crippen LogP contribution in [0.5, 0.6) is 0 Å². The average Bonchev–Trinajstić information content (AvgIpc) is 2.32. The van der Waals surface area contributed by atoms with Crippen molar-refractivity contribution in [3.63, 3.8) is 0 Å². The number of rotatable bonds is 3. The minimum absolute atomic E-state index is 0.423. The summed E-state index contributed by atoms with van der Waals surface area (Å²) < 4.78 is 0. The van der Waals surface area contributed by atoms with Crippen LogP contribution >= 0.6 is 35.0 Å². The van der Waals surface area contributed by atoms with Gasteiger partial charge in [-0.2, -0.15) is 0 Å². The van der Waals surface area contributed by atoms with Gasteiger partial charge >= 0.3 is 0 Å². The zero-order chi connectivity index (χ0) is 12.3. The van der Waals surface area contributed by atoms with E-state index < -0.39 is 0 Å². The van der Waals surface area contributed by atoms with E-state index in [2.05, 4.69) is 0 Å². The van der Waals surface area contributed by atoms with Gasteiger partial charge in [0.15, 0.2) is 0 Å². The predicted octanol–water partition coefficient (Wildman–Crippen LogP) is 4.60. The fourth-order valence-corrected chi connectivity index (χ4v) is 3.05. The van der Waals surface area contributed by atoms with E-state index in [0.29, 0.717) is 11.6 Å². The summed E-state index contributed by atoms with van der Waals surface area (Å²) in [6.07, 6.45) is 0. The van der Waals surface area contributed by atoms with Gasteiger partial charge in [0.25, 0.3) is 0 Å². The van der Waals surface area contributed by atoms with E-state index in [1.807, 2.05) is 42.5 Å². The first kappa shape index (κ1) is 12.8. The molecule has 0 aliphatic rings. The maximum Gasteiger partial charge on any atom is 0.0545 e. The first-order chi connectivity index (χ1) is 8.22. The number of hydrogen-bond acceptors (Lipinski definition) is 2. The molecular weight excluding hydrogens is 273 g/mol. The van der Waals surface area contributed by atoms with Gasteiger partial charge in [-0.15, -0.1) is 0 Å². The molecular formula is C13H11Cl2NS. The lowest BCUT2D eigenvalue weighted by atomic mass is 10.2. The van der Waals surface area contributed by atoms with Crippen LogP contribution in [0.3, 0.4) is 0 Å². The van der Waals surface area contributed by atoms with E-state index in [1.54, 1.807) is 11.8 Å². The molecule has 0 bridgehead atoms. The van der Waals surface area contributed by atoms with E-state index in [-0.39, 0.29) is 0 Å². The second-order valence-corrected chi connectivity index (χ2v) is 5.35. The van der Waals surface area contributed by atoms with Crippen LogP contribution in [0, 0.1) is 0 Å². The smallest absolute Gasteiger partial charge is 0.0545 e. The van der Waals surface area contributed by atoms with Crippen LogP contribution in [0.2, 0.25) is 10.0 Å². The van der Waals surface area contributed by atoms with Crippen LogP contribution < -0.4 is 5.73 Å². The molecule has 2 N–H and O–H groups in total. The summed E-state index contributed by atoms with van der Waals surface area (Å²) in [5.41, 5.74) is 6.67. The molecule has 0 aliphatic carbocycles. The maximum absolute atomic E-state index is 6.12. The Hall–Kier alpha value is -0.670. The van der Waals surface area contributed by atoms with Crippen LogP contribution in [0.25, 0.3) is 0 Å². The molecule has 2 rings (SSSR count). The Morgan fingerprint density at radius 1 is 0.882 bits per heavy atom. The minimum atomic E-state index is 0.423. The molecule has 2 aromatic rings. The molecule has 0 spiro atoms. The fourth-order valence-electron chi connectivity index (χ4n) is 1.48. The molecule has 0 heterocycles. The quantitative estimate of drug-likeness (QED) is 0.891. The summed E-state index contributed by atoms with van der Waals surface area (Å²) in [6, 6.07) is 13.5. The predicted molar refractivity (Wildman–Crippen MR) is 74.9 cm³/mol. The van der Waals surface area contributed by atoms with E-state index in [1.165, 1.54) is 0 Å². The molecule has 0 radical (unpaired) electrons. The second-order valence-electron chi connectivity index (χ2n) is 3.45. The summed E-state index contributed by atoms with van der Waals surface area (Å²) in [7, 11) is 0. The van der Waals surface area contributed by atoms with Gasteiger partial charge in [-0.25, -0.2) is 0 Å². The number of benzene rings is 2. The highest BCUT2D eigenvalue weighted by Gasteiger charge is 2.08. The normalized spacial score (nSPS) is 10.5. The maximum atomic E-state index is 6.12. The lowest BCUT2D eigenvalue weighted by Crippen LogP contribution is -1.99. The van der Waals surface area contributed by atoms with E-state index in [0.717, 1.165) is 20.4 Å². The largest absolute Gasteiger partial charge is 0.326 e. The Morgan fingerprint density at radius 3 is 2.24 bits per heavy atom. The molecule has 0 aliphatic heterocycles. The van der Waals surface area contributed by atoms with Crippen molar-refractivity contribution in [1.82, 2.24) is 0 Å². The zero-order valence-electron chi connectivity index (χ0n) is 8.99. The molecule has 0 amide bonds. The van der Waals surface area contributed by atoms with Crippen LogP contribution in [-0.4, -0.2) is 0 Å². The average molecular weight is 284 g/mol. The van der Waals surface area contributed by atoms with Gasteiger partial charge in [-0.05, 0) is 29.8 Å². The highest BCUT2D eigenvalue weighted by Crippen LogP contribution is 2.36. The summed E-state index contributed by atoms with van der Waals surface area (Å²) >= 11 is 13.8. The van der Waals surface area contributed by atoms with Gasteiger partial charge < -0.3 is 5.73 Å². The Labute approximate surface area is 115 Å². The molecule has 17 heavy (non-hydrogen) atoms. The van der Waals surface area contributed by atoms with Crippen LogP contribution in [0.15, 0.2) is 52.3 Å². The van der Waals surface area contributed by atoms with Crippen LogP contribution in [-0.2, 0) is 6.54 Å². The standard InChI is InChI=1S/C13H11Cl2NS/c14-10-5-3-7-12(9(10)8-16)17-13-6-2-1-4-11(13)15/h1-7H,8,16H2. The van der Waals surface area contributed by atoms with Crippen molar-refractivity contribution in [3.05, 3.63) is 58.1 Å². The van der Waals surface area contributed by atoms with Crippen LogP contribution in [0.4, 0.5) is 0 Å². The van der Waals surface area contributed by atoms with Gasteiger partial charge in [0.05, 0.1) is 5.02 Å². The minimum Gasteiger partial charge on any atom is -0.326 e. The number of halogens is 2. The summed E-state index contributed by atoms with van der Waals surface area (Å²) in [5.74, 6) is 0. The number of hydrogen-bond donors (Lipinski definition) is 1. The first-order valence-electron chi connectivity index (χ1n) is 5.12. The fraction of sp³-hybridized carbons (Fsp3) is 0.0769. The summed E-state index contributed by atoms with van der Waals surface area (Å²) in [5, 5.41) is 1.44. The lowest BCUT2D eigenvalue weighted by Gasteiger charge is -2.09. The topological polar surface area (TPSA) is 26.0 Å². The molecule has 88 valence electrons. The summed E-state index contributed by atoms with van der Waals surface area (Å²) in [4.78, 5) is 2.05. The molecule has 4 heteroatoms. The SMILES string of the molecule is NCc1c(Cl)cccc1Sc1ccccc1Cl. The van der Waals surface area contributed by atoms with Crippen LogP contribution in [0.1, 0.15) is 5.56 Å². The van der Waals surface area contributed by atoms with Gasteiger partial charge in [-0.3, -0.25) is 0 Å². The molecule has 0 saturated heterocycles. The molecule has 0 saturated carbocycles. The Balaban J connectivity index is 2.37. The van der Waals surface area contributed by atoms with Crippen molar-refractivity contribution < 1.29 is 0 Å². The van der Waals surface area contributed by atoms with Gasteiger partial charge in [0.2, 0.25) is 0 Å². The molecule has 0 atom stereocenters. The lowest BCUT2D eigenvalue weighted by molar-refractivity contribution is 1.03. The van der Waals surface area contributed by atoms with Crippen molar-refractivity contribution in [2.45, 2.75) is 16.3 Å². The first-order valence-corrected chi connectivity index (χ1v) is 6.69. The van der Waals surface area contributed by atoms with Crippen molar-refractivity contribution in [2.24, 2.45) is 5.73 Å². The highest BCUT2D eigenvalue weighted by molar-refractivity contribution is 7.99. The molecule has 0 unspecified atom stereocenters. The highest BCUT2D eigenvalue weighted by atomic mass is 35.5. The molecule has 1 nitrogen and oxygen atoms in total.